The normalized spacial score (nSPS) is 18.2. The average Bonchev–Trinajstić information content (AvgIpc) is 2.90. The summed E-state index contributed by atoms with van der Waals surface area (Å²) in [6.07, 6.45) is 1.57. The Labute approximate surface area is 135 Å². The fourth-order valence-electron chi connectivity index (χ4n) is 2.39. The molecule has 0 bridgehead atoms. The van der Waals surface area contributed by atoms with Crippen LogP contribution in [0.2, 0.25) is 0 Å². The Kier molecular flexibility index (Phi) is 6.08. The fourth-order valence-corrected chi connectivity index (χ4v) is 3.33. The number of nitrogens with zero attached hydrogens (tertiary/aromatic N) is 2. The lowest BCUT2D eigenvalue weighted by molar-refractivity contribution is 0.359. The number of rotatable bonds is 4. The minimum absolute atomic E-state index is 0. The highest BCUT2D eigenvalue weighted by molar-refractivity contribution is 7.99. The van der Waals surface area contributed by atoms with E-state index in [1.54, 1.807) is 0 Å². The maximum Gasteiger partial charge on any atom is 0.228 e. The van der Waals surface area contributed by atoms with E-state index in [0.717, 1.165) is 36.9 Å². The second-order valence-electron chi connectivity index (χ2n) is 5.14. The van der Waals surface area contributed by atoms with Crippen molar-refractivity contribution in [2.24, 2.45) is 0 Å². The Hall–Kier alpha value is -1.04. The Balaban J connectivity index is 0.00000161. The third-order valence-electron chi connectivity index (χ3n) is 3.54. The molecule has 0 amide bonds. The molecule has 1 aliphatic rings. The van der Waals surface area contributed by atoms with Gasteiger partial charge in [-0.2, -0.15) is 16.7 Å². The molecule has 2 aromatic rings. The zero-order valence-electron chi connectivity index (χ0n) is 12.0. The third kappa shape index (κ3) is 4.46. The average molecular weight is 326 g/mol. The topological polar surface area (TPSA) is 51.0 Å². The summed E-state index contributed by atoms with van der Waals surface area (Å²) in [5.41, 5.74) is 2.52. The standard InChI is InChI=1S/C15H19N3OS.ClH/c1-11-4-2-3-5-12(11)8-14-17-15(19-18-14)9-13-10-20-7-6-16-13;/h2-5,13,16H,6-10H2,1H3;1H. The molecule has 0 spiro atoms. The highest BCUT2D eigenvalue weighted by Crippen LogP contribution is 2.14. The molecule has 1 unspecified atom stereocenters. The minimum Gasteiger partial charge on any atom is -0.339 e. The van der Waals surface area contributed by atoms with Crippen LogP contribution in [0.15, 0.2) is 28.8 Å². The number of aromatic nitrogens is 2. The molecule has 2 heterocycles. The lowest BCUT2D eigenvalue weighted by Gasteiger charge is -2.21. The second kappa shape index (κ2) is 7.82. The van der Waals surface area contributed by atoms with Crippen molar-refractivity contribution < 1.29 is 4.52 Å². The molecule has 21 heavy (non-hydrogen) atoms. The predicted octanol–water partition coefficient (Wildman–Crippen LogP) is 2.64. The zero-order chi connectivity index (χ0) is 13.8. The van der Waals surface area contributed by atoms with Gasteiger partial charge in [-0.15, -0.1) is 12.4 Å². The number of hydrogen-bond donors (Lipinski definition) is 1. The van der Waals surface area contributed by atoms with Crippen molar-refractivity contribution in [2.75, 3.05) is 18.1 Å². The van der Waals surface area contributed by atoms with Crippen LogP contribution < -0.4 is 5.32 Å². The first kappa shape index (κ1) is 16.3. The van der Waals surface area contributed by atoms with E-state index in [9.17, 15) is 0 Å². The van der Waals surface area contributed by atoms with E-state index in [2.05, 4.69) is 34.5 Å². The number of nitrogens with one attached hydrogen (secondary N) is 1. The van der Waals surface area contributed by atoms with E-state index in [0.29, 0.717) is 6.04 Å². The van der Waals surface area contributed by atoms with Gasteiger partial charge in [0.15, 0.2) is 5.82 Å². The SMILES string of the molecule is Cc1ccccc1Cc1noc(CC2CSCCN2)n1.Cl. The van der Waals surface area contributed by atoms with Gasteiger partial charge >= 0.3 is 0 Å². The van der Waals surface area contributed by atoms with Gasteiger partial charge in [0.25, 0.3) is 0 Å². The summed E-state index contributed by atoms with van der Waals surface area (Å²) in [4.78, 5) is 4.51. The maximum absolute atomic E-state index is 5.37. The predicted molar refractivity (Wildman–Crippen MR) is 88.4 cm³/mol. The van der Waals surface area contributed by atoms with E-state index in [-0.39, 0.29) is 12.4 Å². The highest BCUT2D eigenvalue weighted by atomic mass is 35.5. The van der Waals surface area contributed by atoms with Crippen LogP contribution in [0, 0.1) is 6.92 Å². The van der Waals surface area contributed by atoms with Gasteiger partial charge in [-0.05, 0) is 18.1 Å². The Morgan fingerprint density at radius 2 is 2.24 bits per heavy atom. The molecule has 3 rings (SSSR count). The fraction of sp³-hybridized carbons (Fsp3) is 0.467. The van der Waals surface area contributed by atoms with Gasteiger partial charge < -0.3 is 9.84 Å². The van der Waals surface area contributed by atoms with E-state index >= 15 is 0 Å². The number of aryl methyl sites for hydroxylation is 1. The molecule has 6 heteroatoms. The smallest absolute Gasteiger partial charge is 0.228 e. The van der Waals surface area contributed by atoms with Crippen LogP contribution in [-0.4, -0.2) is 34.2 Å². The van der Waals surface area contributed by atoms with Crippen LogP contribution in [-0.2, 0) is 12.8 Å². The van der Waals surface area contributed by atoms with Gasteiger partial charge in [-0.25, -0.2) is 0 Å². The first-order valence-corrected chi connectivity index (χ1v) is 8.14. The second-order valence-corrected chi connectivity index (χ2v) is 6.29. The van der Waals surface area contributed by atoms with Crippen molar-refractivity contribution in [2.45, 2.75) is 25.8 Å². The van der Waals surface area contributed by atoms with Gasteiger partial charge in [0.1, 0.15) is 0 Å². The molecule has 1 aromatic carbocycles. The monoisotopic (exact) mass is 325 g/mol. The first-order valence-electron chi connectivity index (χ1n) is 6.98. The molecule has 1 aromatic heterocycles. The van der Waals surface area contributed by atoms with Crippen molar-refractivity contribution in [3.63, 3.8) is 0 Å². The van der Waals surface area contributed by atoms with E-state index in [1.807, 2.05) is 23.9 Å². The van der Waals surface area contributed by atoms with Crippen LogP contribution in [0.3, 0.4) is 0 Å². The lowest BCUT2D eigenvalue weighted by Crippen LogP contribution is -2.38. The quantitative estimate of drug-likeness (QED) is 0.936. The molecule has 4 nitrogen and oxygen atoms in total. The van der Waals surface area contributed by atoms with Crippen molar-refractivity contribution >= 4 is 24.2 Å². The van der Waals surface area contributed by atoms with Crippen LogP contribution >= 0.6 is 24.2 Å². The van der Waals surface area contributed by atoms with Gasteiger partial charge in [0.2, 0.25) is 5.89 Å². The lowest BCUT2D eigenvalue weighted by atomic mass is 10.1. The highest BCUT2D eigenvalue weighted by Gasteiger charge is 2.17. The largest absolute Gasteiger partial charge is 0.339 e. The summed E-state index contributed by atoms with van der Waals surface area (Å²) in [6.45, 7) is 3.18. The minimum atomic E-state index is 0. The van der Waals surface area contributed by atoms with Crippen LogP contribution in [0.5, 0.6) is 0 Å². The molecule has 1 N–H and O–H groups in total. The van der Waals surface area contributed by atoms with Crippen LogP contribution in [0.1, 0.15) is 22.8 Å². The summed E-state index contributed by atoms with van der Waals surface area (Å²) < 4.78 is 5.37. The zero-order valence-corrected chi connectivity index (χ0v) is 13.7. The van der Waals surface area contributed by atoms with E-state index < -0.39 is 0 Å². The summed E-state index contributed by atoms with van der Waals surface area (Å²) in [6, 6.07) is 8.78. The molecule has 0 saturated carbocycles. The maximum atomic E-state index is 5.37. The number of thioether (sulfide) groups is 1. The molecule has 114 valence electrons. The first-order chi connectivity index (χ1) is 9.81. The Bertz CT molecular complexity index is 570. The van der Waals surface area contributed by atoms with Gasteiger partial charge in [-0.3, -0.25) is 0 Å². The summed E-state index contributed by atoms with van der Waals surface area (Å²) in [7, 11) is 0. The molecule has 1 aliphatic heterocycles. The van der Waals surface area contributed by atoms with Crippen LogP contribution in [0.4, 0.5) is 0 Å². The number of hydrogen-bond acceptors (Lipinski definition) is 5. The summed E-state index contributed by atoms with van der Waals surface area (Å²) >= 11 is 1.98. The molecular weight excluding hydrogens is 306 g/mol. The van der Waals surface area contributed by atoms with Gasteiger partial charge in [0, 0.05) is 36.9 Å². The van der Waals surface area contributed by atoms with E-state index in [1.165, 1.54) is 16.9 Å². The van der Waals surface area contributed by atoms with Crippen molar-refractivity contribution in [3.05, 3.63) is 47.1 Å². The molecule has 0 radical (unpaired) electrons. The number of benzene rings is 1. The Morgan fingerprint density at radius 1 is 1.38 bits per heavy atom. The molecular formula is C15H20ClN3OS. The summed E-state index contributed by atoms with van der Waals surface area (Å²) in [5.74, 6) is 3.83. The van der Waals surface area contributed by atoms with Crippen molar-refractivity contribution in [1.29, 1.82) is 0 Å². The van der Waals surface area contributed by atoms with Gasteiger partial charge in [0.05, 0.1) is 0 Å². The van der Waals surface area contributed by atoms with Crippen molar-refractivity contribution in [1.82, 2.24) is 15.5 Å². The molecule has 1 atom stereocenters. The molecule has 1 fully saturated rings. The van der Waals surface area contributed by atoms with Crippen LogP contribution in [0.25, 0.3) is 0 Å². The molecule has 1 saturated heterocycles. The summed E-state index contributed by atoms with van der Waals surface area (Å²) in [5, 5.41) is 7.58. The third-order valence-corrected chi connectivity index (χ3v) is 4.67. The Morgan fingerprint density at radius 3 is 3.00 bits per heavy atom. The molecule has 0 aliphatic carbocycles. The van der Waals surface area contributed by atoms with Crippen molar-refractivity contribution in [3.8, 4) is 0 Å². The number of halogens is 1. The van der Waals surface area contributed by atoms with E-state index in [4.69, 9.17) is 4.52 Å². The van der Waals surface area contributed by atoms with Gasteiger partial charge in [-0.1, -0.05) is 29.4 Å².